The second-order valence-corrected chi connectivity index (χ2v) is 6.44. The van der Waals surface area contributed by atoms with Crippen LogP contribution in [-0.2, 0) is 0 Å². The molecule has 0 fully saturated rings. The highest BCUT2D eigenvalue weighted by molar-refractivity contribution is 6.15. The largest absolute Gasteiger partial charge is 0.354 e. The Morgan fingerprint density at radius 3 is 2.75 bits per heavy atom. The third-order valence-electron chi connectivity index (χ3n) is 4.77. The monoisotopic (exact) mass is 372 g/mol. The van der Waals surface area contributed by atoms with Crippen molar-refractivity contribution in [3.05, 3.63) is 82.7 Å². The van der Waals surface area contributed by atoms with E-state index in [2.05, 4.69) is 16.2 Å². The first kappa shape index (κ1) is 17.7. The fraction of sp³-hybridized carbons (Fsp3) is 0.136. The number of nitrogens with zero attached hydrogens (tertiary/aromatic N) is 3. The molecule has 1 aliphatic rings. The second kappa shape index (κ2) is 6.78. The molecule has 3 aromatic rings. The third-order valence-corrected chi connectivity index (χ3v) is 4.77. The molecule has 138 valence electrons. The highest BCUT2D eigenvalue weighted by Crippen LogP contribution is 2.33. The number of hydrogen-bond donors (Lipinski definition) is 1. The van der Waals surface area contributed by atoms with Gasteiger partial charge in [-0.05, 0) is 37.3 Å². The summed E-state index contributed by atoms with van der Waals surface area (Å²) in [6.45, 7) is 1.86. The molecule has 1 atom stereocenters. The minimum absolute atomic E-state index is 0.292. The number of benzene rings is 2. The van der Waals surface area contributed by atoms with Crippen LogP contribution < -0.4 is 5.32 Å². The molecule has 0 bridgehead atoms. The summed E-state index contributed by atoms with van der Waals surface area (Å²) >= 11 is 0. The predicted octanol–water partition coefficient (Wildman–Crippen LogP) is 3.26. The van der Waals surface area contributed by atoms with Gasteiger partial charge < -0.3 is 5.32 Å². The maximum Gasteiger partial charge on any atom is 0.271 e. The molecular formula is C22H17FN4O. The summed E-state index contributed by atoms with van der Waals surface area (Å²) in [5.74, 6) is 1.94. The van der Waals surface area contributed by atoms with Crippen LogP contribution in [0.4, 0.5) is 4.39 Å². The van der Waals surface area contributed by atoms with Crippen molar-refractivity contribution in [2.24, 2.45) is 4.99 Å². The van der Waals surface area contributed by atoms with Crippen LogP contribution in [0.3, 0.4) is 0 Å². The van der Waals surface area contributed by atoms with Crippen molar-refractivity contribution >= 4 is 11.6 Å². The van der Waals surface area contributed by atoms with E-state index in [4.69, 9.17) is 11.4 Å². The van der Waals surface area contributed by atoms with E-state index in [0.717, 1.165) is 5.69 Å². The number of halogens is 1. The summed E-state index contributed by atoms with van der Waals surface area (Å²) in [7, 11) is 1.55. The van der Waals surface area contributed by atoms with Crippen LogP contribution in [0.2, 0.25) is 0 Å². The number of aliphatic imine (C=N–C) groups is 1. The molecule has 0 radical (unpaired) electrons. The van der Waals surface area contributed by atoms with Crippen molar-refractivity contribution in [2.75, 3.05) is 7.05 Å². The lowest BCUT2D eigenvalue weighted by Gasteiger charge is -2.13. The van der Waals surface area contributed by atoms with Crippen molar-refractivity contribution in [1.82, 2.24) is 14.9 Å². The van der Waals surface area contributed by atoms with Crippen LogP contribution in [0.1, 0.15) is 45.8 Å². The van der Waals surface area contributed by atoms with Crippen LogP contribution in [0.15, 0.2) is 53.8 Å². The van der Waals surface area contributed by atoms with Gasteiger partial charge in [-0.1, -0.05) is 18.1 Å². The van der Waals surface area contributed by atoms with Crippen LogP contribution in [0, 0.1) is 18.2 Å². The first-order chi connectivity index (χ1) is 13.5. The van der Waals surface area contributed by atoms with Crippen LogP contribution in [-0.4, -0.2) is 28.2 Å². The van der Waals surface area contributed by atoms with Crippen molar-refractivity contribution in [3.8, 4) is 18.0 Å². The second-order valence-electron chi connectivity index (χ2n) is 6.44. The Morgan fingerprint density at radius 1 is 1.25 bits per heavy atom. The van der Waals surface area contributed by atoms with Crippen LogP contribution in [0.5, 0.6) is 0 Å². The summed E-state index contributed by atoms with van der Waals surface area (Å²) in [4.78, 5) is 21.4. The molecule has 4 rings (SSSR count). The number of terminal acetylenes is 1. The van der Waals surface area contributed by atoms with Gasteiger partial charge in [0.05, 0.1) is 23.1 Å². The molecule has 0 saturated carbocycles. The number of amides is 1. The van der Waals surface area contributed by atoms with E-state index in [-0.39, 0.29) is 11.7 Å². The van der Waals surface area contributed by atoms with Gasteiger partial charge in [0, 0.05) is 23.7 Å². The lowest BCUT2D eigenvalue weighted by Crippen LogP contribution is -2.20. The smallest absolute Gasteiger partial charge is 0.271 e. The fourth-order valence-electron chi connectivity index (χ4n) is 3.46. The average Bonchev–Trinajstić information content (AvgIpc) is 3.12. The summed E-state index contributed by atoms with van der Waals surface area (Å²) in [6, 6.07) is 11.5. The molecular weight excluding hydrogens is 355 g/mol. The van der Waals surface area contributed by atoms with E-state index in [1.54, 1.807) is 37.6 Å². The normalized spacial score (nSPS) is 14.9. The Bertz CT molecular complexity index is 1170. The van der Waals surface area contributed by atoms with E-state index in [1.807, 2.05) is 23.6 Å². The first-order valence-corrected chi connectivity index (χ1v) is 8.78. The van der Waals surface area contributed by atoms with Gasteiger partial charge in [-0.15, -0.1) is 6.42 Å². The number of aromatic nitrogens is 2. The molecule has 0 spiro atoms. The Balaban J connectivity index is 2.05. The zero-order valence-corrected chi connectivity index (χ0v) is 15.4. The lowest BCUT2D eigenvalue weighted by atomic mass is 9.98. The molecule has 2 aromatic carbocycles. The highest BCUT2D eigenvalue weighted by atomic mass is 19.1. The number of rotatable bonds is 2. The van der Waals surface area contributed by atoms with Gasteiger partial charge >= 0.3 is 0 Å². The number of carbonyl (C=O) groups is 1. The van der Waals surface area contributed by atoms with E-state index in [9.17, 15) is 9.18 Å². The molecule has 0 aliphatic carbocycles. The Morgan fingerprint density at radius 2 is 2.04 bits per heavy atom. The predicted molar refractivity (Wildman–Crippen MR) is 105 cm³/mol. The summed E-state index contributed by atoms with van der Waals surface area (Å²) in [5.41, 5.74) is 3.88. The zero-order chi connectivity index (χ0) is 19.8. The number of fused-ring (bicyclic) bond motifs is 3. The van der Waals surface area contributed by atoms with Gasteiger partial charge in [-0.3, -0.25) is 14.4 Å². The topological polar surface area (TPSA) is 59.3 Å². The minimum atomic E-state index is -0.425. The Kier molecular flexibility index (Phi) is 4.28. The minimum Gasteiger partial charge on any atom is -0.354 e. The highest BCUT2D eigenvalue weighted by Gasteiger charge is 2.29. The van der Waals surface area contributed by atoms with Gasteiger partial charge in [0.1, 0.15) is 12.1 Å². The van der Waals surface area contributed by atoms with E-state index >= 15 is 0 Å². The Hall–Kier alpha value is -3.72. The molecule has 28 heavy (non-hydrogen) atoms. The standard InChI is InChI=1S/C22H17FN4O/c1-4-14-9-10-18-16(11-14)19(15-7-5-6-8-17(15)23)26-13(2)21-20(22(28)24-3)25-12-27(18)21/h1,5-13H,2-3H3,(H,24,28). The molecule has 1 unspecified atom stereocenters. The summed E-state index contributed by atoms with van der Waals surface area (Å²) in [5, 5.41) is 2.60. The summed E-state index contributed by atoms with van der Waals surface area (Å²) < 4.78 is 16.4. The van der Waals surface area contributed by atoms with E-state index in [1.165, 1.54) is 6.07 Å². The SMILES string of the molecule is C#Cc1ccc2c(c1)C(c1ccccc1F)=NC(C)c1c(C(=O)NC)ncn1-2. The maximum absolute atomic E-state index is 14.6. The van der Waals surface area contributed by atoms with E-state index < -0.39 is 6.04 Å². The van der Waals surface area contributed by atoms with Gasteiger partial charge in [-0.25, -0.2) is 9.37 Å². The van der Waals surface area contributed by atoms with Crippen LogP contribution in [0.25, 0.3) is 5.69 Å². The lowest BCUT2D eigenvalue weighted by molar-refractivity contribution is 0.0957. The molecule has 6 heteroatoms. The maximum atomic E-state index is 14.6. The molecule has 1 aromatic heterocycles. The Labute approximate surface area is 162 Å². The first-order valence-electron chi connectivity index (χ1n) is 8.78. The average molecular weight is 372 g/mol. The van der Waals surface area contributed by atoms with Gasteiger partial charge in [0.2, 0.25) is 0 Å². The van der Waals surface area contributed by atoms with E-state index in [0.29, 0.717) is 33.8 Å². The number of hydrogen-bond acceptors (Lipinski definition) is 3. The number of carbonyl (C=O) groups excluding carboxylic acids is 1. The molecule has 1 N–H and O–H groups in total. The quantitative estimate of drug-likeness (QED) is 0.702. The number of imidazole rings is 1. The van der Waals surface area contributed by atoms with Crippen molar-refractivity contribution in [3.63, 3.8) is 0 Å². The number of nitrogens with one attached hydrogen (secondary N) is 1. The van der Waals surface area contributed by atoms with Crippen LogP contribution >= 0.6 is 0 Å². The van der Waals surface area contributed by atoms with Gasteiger partial charge in [0.15, 0.2) is 5.69 Å². The third kappa shape index (κ3) is 2.69. The zero-order valence-electron chi connectivity index (χ0n) is 15.4. The fourth-order valence-corrected chi connectivity index (χ4v) is 3.46. The van der Waals surface area contributed by atoms with Gasteiger partial charge in [-0.2, -0.15) is 0 Å². The molecule has 2 heterocycles. The molecule has 1 amide bonds. The molecule has 5 nitrogen and oxygen atoms in total. The van der Waals surface area contributed by atoms with Crippen molar-refractivity contribution in [1.29, 1.82) is 0 Å². The summed E-state index contributed by atoms with van der Waals surface area (Å²) in [6.07, 6.45) is 7.17. The molecule has 1 aliphatic heterocycles. The molecule has 0 saturated heterocycles. The van der Waals surface area contributed by atoms with Crippen molar-refractivity contribution in [2.45, 2.75) is 13.0 Å². The van der Waals surface area contributed by atoms with Crippen molar-refractivity contribution < 1.29 is 9.18 Å². The van der Waals surface area contributed by atoms with Gasteiger partial charge in [0.25, 0.3) is 5.91 Å².